The first kappa shape index (κ1) is 21.2. The molecule has 0 saturated carbocycles. The minimum absolute atomic E-state index is 0.00792. The fourth-order valence-electron chi connectivity index (χ4n) is 4.28. The highest BCUT2D eigenvalue weighted by atomic mass is 32.2. The normalized spacial score (nSPS) is 16.5. The van der Waals surface area contributed by atoms with E-state index in [-0.39, 0.29) is 28.6 Å². The molecule has 2 aromatic carbocycles. The van der Waals surface area contributed by atoms with Gasteiger partial charge in [0.05, 0.1) is 34.0 Å². The maximum absolute atomic E-state index is 13.3. The van der Waals surface area contributed by atoms with Gasteiger partial charge in [0.25, 0.3) is 10.0 Å². The monoisotopic (exact) mass is 473 g/mol. The zero-order valence-corrected chi connectivity index (χ0v) is 19.0. The van der Waals surface area contributed by atoms with Crippen molar-refractivity contribution in [2.75, 3.05) is 37.2 Å². The van der Waals surface area contributed by atoms with Crippen LogP contribution in [0.4, 0.5) is 5.69 Å². The van der Waals surface area contributed by atoms with Gasteiger partial charge in [-0.05, 0) is 36.2 Å². The minimum Gasteiger partial charge on any atom is -0.378 e. The van der Waals surface area contributed by atoms with Crippen molar-refractivity contribution >= 4 is 43.2 Å². The SMILES string of the molecule is O=C(CCn1c(=O)sc2cc(S(=O)(=O)N3CCc4ccccc43)ccc21)N1CCOCC1. The number of benzene rings is 2. The Morgan fingerprint density at radius 1 is 1.06 bits per heavy atom. The number of amides is 1. The molecular formula is C22H23N3O5S2. The number of para-hydroxylation sites is 1. The molecule has 32 heavy (non-hydrogen) atoms. The molecule has 3 heterocycles. The Morgan fingerprint density at radius 3 is 2.66 bits per heavy atom. The maximum atomic E-state index is 13.3. The van der Waals surface area contributed by atoms with Crippen LogP contribution >= 0.6 is 11.3 Å². The number of nitrogens with zero attached hydrogens (tertiary/aromatic N) is 3. The second-order valence-electron chi connectivity index (χ2n) is 7.85. The molecular weight excluding hydrogens is 450 g/mol. The van der Waals surface area contributed by atoms with Gasteiger partial charge in [-0.15, -0.1) is 0 Å². The van der Waals surface area contributed by atoms with Gasteiger partial charge in [0.1, 0.15) is 0 Å². The number of hydrogen-bond donors (Lipinski definition) is 0. The minimum atomic E-state index is -3.73. The van der Waals surface area contributed by atoms with E-state index in [9.17, 15) is 18.0 Å². The van der Waals surface area contributed by atoms with E-state index < -0.39 is 10.0 Å². The Morgan fingerprint density at radius 2 is 1.84 bits per heavy atom. The molecule has 0 aliphatic carbocycles. The molecule has 0 radical (unpaired) electrons. The first-order valence-electron chi connectivity index (χ1n) is 10.5. The number of aromatic nitrogens is 1. The topological polar surface area (TPSA) is 88.9 Å². The highest BCUT2D eigenvalue weighted by Crippen LogP contribution is 2.33. The van der Waals surface area contributed by atoms with E-state index in [2.05, 4.69) is 0 Å². The summed E-state index contributed by atoms with van der Waals surface area (Å²) in [5.74, 6) is -0.00792. The van der Waals surface area contributed by atoms with Gasteiger partial charge in [0, 0.05) is 32.6 Å². The van der Waals surface area contributed by atoms with Crippen LogP contribution in [0.25, 0.3) is 10.2 Å². The average molecular weight is 474 g/mol. The largest absolute Gasteiger partial charge is 0.378 e. The van der Waals surface area contributed by atoms with Gasteiger partial charge in [0.2, 0.25) is 5.91 Å². The molecule has 0 unspecified atom stereocenters. The third-order valence-electron chi connectivity index (χ3n) is 5.99. The van der Waals surface area contributed by atoms with E-state index in [1.54, 1.807) is 27.7 Å². The quantitative estimate of drug-likeness (QED) is 0.566. The first-order chi connectivity index (χ1) is 15.4. The van der Waals surface area contributed by atoms with Gasteiger partial charge in [-0.25, -0.2) is 8.42 Å². The number of carbonyl (C=O) groups excluding carboxylic acids is 1. The van der Waals surface area contributed by atoms with Crippen LogP contribution < -0.4 is 9.18 Å². The number of fused-ring (bicyclic) bond motifs is 2. The van der Waals surface area contributed by atoms with Crippen molar-refractivity contribution in [3.63, 3.8) is 0 Å². The summed E-state index contributed by atoms with van der Waals surface area (Å²) in [5, 5.41) is 0. The molecule has 0 atom stereocenters. The van der Waals surface area contributed by atoms with Crippen LogP contribution in [-0.4, -0.2) is 56.6 Å². The van der Waals surface area contributed by atoms with Crippen LogP contribution in [0.15, 0.2) is 52.2 Å². The fraction of sp³-hybridized carbons (Fsp3) is 0.364. The smallest absolute Gasteiger partial charge is 0.308 e. The highest BCUT2D eigenvalue weighted by Gasteiger charge is 2.31. The van der Waals surface area contributed by atoms with Crippen molar-refractivity contribution < 1.29 is 17.9 Å². The lowest BCUT2D eigenvalue weighted by Crippen LogP contribution is -2.41. The lowest BCUT2D eigenvalue weighted by atomic mass is 10.2. The fourth-order valence-corrected chi connectivity index (χ4v) is 6.84. The molecule has 1 amide bonds. The summed E-state index contributed by atoms with van der Waals surface area (Å²) >= 11 is 1.00. The van der Waals surface area contributed by atoms with E-state index >= 15 is 0 Å². The van der Waals surface area contributed by atoms with Crippen LogP contribution in [0.2, 0.25) is 0 Å². The van der Waals surface area contributed by atoms with Gasteiger partial charge in [0.15, 0.2) is 0 Å². The van der Waals surface area contributed by atoms with Crippen LogP contribution in [0.1, 0.15) is 12.0 Å². The van der Waals surface area contributed by atoms with E-state index in [1.165, 1.54) is 4.31 Å². The number of ether oxygens (including phenoxy) is 1. The Kier molecular flexibility index (Phi) is 5.52. The van der Waals surface area contributed by atoms with Crippen molar-refractivity contribution in [1.29, 1.82) is 0 Å². The van der Waals surface area contributed by atoms with Crippen LogP contribution in [0.3, 0.4) is 0 Å². The summed E-state index contributed by atoms with van der Waals surface area (Å²) in [6.07, 6.45) is 0.898. The second kappa shape index (κ2) is 8.34. The first-order valence-corrected chi connectivity index (χ1v) is 12.8. The Labute approximate surface area is 189 Å². The molecule has 1 saturated heterocycles. The predicted octanol–water partition coefficient (Wildman–Crippen LogP) is 2.06. The van der Waals surface area contributed by atoms with Gasteiger partial charge in [-0.3, -0.25) is 18.5 Å². The van der Waals surface area contributed by atoms with Crippen molar-refractivity contribution in [2.24, 2.45) is 0 Å². The third-order valence-corrected chi connectivity index (χ3v) is 8.74. The molecule has 1 aromatic heterocycles. The molecule has 1 fully saturated rings. The molecule has 2 aliphatic rings. The zero-order valence-electron chi connectivity index (χ0n) is 17.4. The lowest BCUT2D eigenvalue weighted by molar-refractivity contribution is -0.135. The lowest BCUT2D eigenvalue weighted by Gasteiger charge is -2.26. The second-order valence-corrected chi connectivity index (χ2v) is 10.7. The highest BCUT2D eigenvalue weighted by molar-refractivity contribution is 7.92. The van der Waals surface area contributed by atoms with E-state index in [1.807, 2.05) is 24.3 Å². The molecule has 8 nitrogen and oxygen atoms in total. The standard InChI is InChI=1S/C22H23N3O5S2/c26-21(23-11-13-30-14-12-23)8-9-24-19-6-5-17(15-20(19)31-22(24)27)32(28,29)25-10-7-16-3-1-2-4-18(16)25/h1-6,15H,7-14H2. The Hall–Kier alpha value is -2.69. The number of hydrogen-bond acceptors (Lipinski definition) is 6. The molecule has 10 heteroatoms. The number of aryl methyl sites for hydroxylation is 1. The van der Waals surface area contributed by atoms with E-state index in [0.717, 1.165) is 16.9 Å². The summed E-state index contributed by atoms with van der Waals surface area (Å²) in [6, 6.07) is 12.3. The van der Waals surface area contributed by atoms with Crippen LogP contribution in [-0.2, 0) is 32.5 Å². The summed E-state index contributed by atoms with van der Waals surface area (Å²) in [4.78, 5) is 26.8. The van der Waals surface area contributed by atoms with Crippen molar-refractivity contribution in [3.05, 3.63) is 57.7 Å². The number of rotatable bonds is 5. The van der Waals surface area contributed by atoms with Crippen LogP contribution in [0.5, 0.6) is 0 Å². The molecule has 0 spiro atoms. The summed E-state index contributed by atoms with van der Waals surface area (Å²) in [6.45, 7) is 2.87. The Balaban J connectivity index is 1.40. The third kappa shape index (κ3) is 3.72. The van der Waals surface area contributed by atoms with Crippen molar-refractivity contribution in [1.82, 2.24) is 9.47 Å². The molecule has 168 valence electrons. The summed E-state index contributed by atoms with van der Waals surface area (Å²) in [7, 11) is -3.73. The predicted molar refractivity (Wildman–Crippen MR) is 123 cm³/mol. The summed E-state index contributed by atoms with van der Waals surface area (Å²) < 4.78 is 35.5. The molecule has 5 rings (SSSR count). The van der Waals surface area contributed by atoms with Crippen molar-refractivity contribution in [2.45, 2.75) is 24.3 Å². The van der Waals surface area contributed by atoms with Gasteiger partial charge in [-0.1, -0.05) is 29.5 Å². The molecule has 3 aromatic rings. The van der Waals surface area contributed by atoms with Crippen LogP contribution in [0, 0.1) is 0 Å². The molecule has 0 N–H and O–H groups in total. The maximum Gasteiger partial charge on any atom is 0.308 e. The van der Waals surface area contributed by atoms with E-state index in [4.69, 9.17) is 4.74 Å². The number of thiazole rings is 1. The number of sulfonamides is 1. The molecule has 0 bridgehead atoms. The number of morpholine rings is 1. The average Bonchev–Trinajstić information content (AvgIpc) is 3.38. The van der Waals surface area contributed by atoms with Crippen molar-refractivity contribution in [3.8, 4) is 0 Å². The summed E-state index contributed by atoms with van der Waals surface area (Å²) in [5.41, 5.74) is 2.37. The van der Waals surface area contributed by atoms with Gasteiger partial charge in [-0.2, -0.15) is 0 Å². The van der Waals surface area contributed by atoms with Gasteiger partial charge < -0.3 is 9.64 Å². The van der Waals surface area contributed by atoms with Gasteiger partial charge >= 0.3 is 4.87 Å². The number of carbonyl (C=O) groups is 1. The molecule has 2 aliphatic heterocycles. The number of anilines is 1. The van der Waals surface area contributed by atoms with E-state index in [0.29, 0.717) is 55.2 Å². The Bertz CT molecular complexity index is 1340. The zero-order chi connectivity index (χ0) is 22.3.